The zero-order valence-electron chi connectivity index (χ0n) is 15.1. The molecule has 0 spiro atoms. The summed E-state index contributed by atoms with van der Waals surface area (Å²) in [4.78, 5) is 12.9. The Morgan fingerprint density at radius 1 is 1.00 bits per heavy atom. The average Bonchev–Trinajstić information content (AvgIpc) is 2.85. The van der Waals surface area contributed by atoms with Crippen LogP contribution in [0.25, 0.3) is 5.69 Å². The van der Waals surface area contributed by atoms with Gasteiger partial charge in [0.2, 0.25) is 0 Å². The van der Waals surface area contributed by atoms with Crippen molar-refractivity contribution in [1.29, 1.82) is 0 Å². The lowest BCUT2D eigenvalue weighted by atomic mass is 9.95. The van der Waals surface area contributed by atoms with E-state index in [1.54, 1.807) is 12.1 Å². The molecule has 26 heavy (non-hydrogen) atoms. The number of carbonyl (C=O) groups is 1. The molecule has 2 aliphatic carbocycles. The molecule has 1 fully saturated rings. The van der Waals surface area contributed by atoms with Crippen LogP contribution in [0, 0.1) is 5.82 Å². The Hall–Kier alpha value is -2.17. The SMILES string of the molecule is O=C(NC1CCCCCC1)c1nn(-c2ccc(F)cc2)c2c1CCCC2. The molecule has 4 nitrogen and oxygen atoms in total. The molecule has 1 heterocycles. The maximum atomic E-state index is 13.3. The molecule has 0 atom stereocenters. The summed E-state index contributed by atoms with van der Waals surface area (Å²) in [6.07, 6.45) is 11.0. The van der Waals surface area contributed by atoms with Gasteiger partial charge in [0.25, 0.3) is 5.91 Å². The first-order valence-electron chi connectivity index (χ1n) is 9.90. The largest absolute Gasteiger partial charge is 0.348 e. The second kappa shape index (κ2) is 7.60. The van der Waals surface area contributed by atoms with Gasteiger partial charge < -0.3 is 5.32 Å². The summed E-state index contributed by atoms with van der Waals surface area (Å²) in [6, 6.07) is 6.60. The molecule has 0 radical (unpaired) electrons. The summed E-state index contributed by atoms with van der Waals surface area (Å²) in [5, 5.41) is 7.89. The maximum Gasteiger partial charge on any atom is 0.272 e. The molecule has 138 valence electrons. The minimum atomic E-state index is -0.263. The summed E-state index contributed by atoms with van der Waals surface area (Å²) in [5.74, 6) is -0.308. The first-order chi connectivity index (χ1) is 12.7. The van der Waals surface area contributed by atoms with Gasteiger partial charge in [0.1, 0.15) is 5.82 Å². The smallest absolute Gasteiger partial charge is 0.272 e. The van der Waals surface area contributed by atoms with Gasteiger partial charge in [-0.25, -0.2) is 9.07 Å². The Morgan fingerprint density at radius 2 is 1.69 bits per heavy atom. The number of rotatable bonds is 3. The van der Waals surface area contributed by atoms with E-state index in [2.05, 4.69) is 10.4 Å². The monoisotopic (exact) mass is 355 g/mol. The predicted molar refractivity (Wildman–Crippen MR) is 99.1 cm³/mol. The zero-order chi connectivity index (χ0) is 17.9. The van der Waals surface area contributed by atoms with Crippen LogP contribution in [0.4, 0.5) is 4.39 Å². The molecule has 2 aliphatic rings. The Morgan fingerprint density at radius 3 is 2.42 bits per heavy atom. The highest BCUT2D eigenvalue weighted by atomic mass is 19.1. The van der Waals surface area contributed by atoms with E-state index in [-0.39, 0.29) is 17.8 Å². The third-order valence-electron chi connectivity index (χ3n) is 5.66. The van der Waals surface area contributed by atoms with E-state index < -0.39 is 0 Å². The van der Waals surface area contributed by atoms with Gasteiger partial charge in [-0.15, -0.1) is 0 Å². The number of halogens is 1. The van der Waals surface area contributed by atoms with Crippen molar-refractivity contribution in [2.24, 2.45) is 0 Å². The van der Waals surface area contributed by atoms with Crippen molar-refractivity contribution in [3.8, 4) is 5.69 Å². The molecule has 4 rings (SSSR count). The van der Waals surface area contributed by atoms with E-state index in [9.17, 15) is 9.18 Å². The number of amides is 1. The highest BCUT2D eigenvalue weighted by Gasteiger charge is 2.27. The number of hydrogen-bond acceptors (Lipinski definition) is 2. The van der Waals surface area contributed by atoms with Crippen molar-refractivity contribution >= 4 is 5.91 Å². The third-order valence-corrected chi connectivity index (χ3v) is 5.66. The number of aromatic nitrogens is 2. The molecule has 0 saturated heterocycles. The summed E-state index contributed by atoms with van der Waals surface area (Å²) in [6.45, 7) is 0. The van der Waals surface area contributed by atoms with Crippen LogP contribution < -0.4 is 5.32 Å². The number of benzene rings is 1. The second-order valence-corrected chi connectivity index (χ2v) is 7.53. The summed E-state index contributed by atoms with van der Waals surface area (Å²) in [5.41, 5.74) is 3.56. The number of hydrogen-bond donors (Lipinski definition) is 1. The van der Waals surface area contributed by atoms with Gasteiger partial charge in [-0.3, -0.25) is 4.79 Å². The molecule has 0 bridgehead atoms. The Labute approximate surface area is 153 Å². The molecule has 1 aromatic heterocycles. The molecule has 1 saturated carbocycles. The standard InChI is InChI=1S/C21H26FN3O/c22-15-11-13-17(14-12-15)25-19-10-6-5-9-18(19)20(24-25)21(26)23-16-7-3-1-2-4-8-16/h11-14,16H,1-10H2,(H,23,26). The van der Waals surface area contributed by atoms with Gasteiger partial charge in [-0.05, 0) is 62.8 Å². The zero-order valence-corrected chi connectivity index (χ0v) is 15.1. The first kappa shape index (κ1) is 17.3. The average molecular weight is 355 g/mol. The van der Waals surface area contributed by atoms with Crippen LogP contribution in [0.2, 0.25) is 0 Å². The summed E-state index contributed by atoms with van der Waals surface area (Å²) < 4.78 is 15.1. The van der Waals surface area contributed by atoms with E-state index in [1.165, 1.54) is 37.8 Å². The lowest BCUT2D eigenvalue weighted by Crippen LogP contribution is -2.35. The van der Waals surface area contributed by atoms with Crippen molar-refractivity contribution in [2.75, 3.05) is 0 Å². The fourth-order valence-corrected chi connectivity index (χ4v) is 4.25. The highest BCUT2D eigenvalue weighted by Crippen LogP contribution is 2.27. The van der Waals surface area contributed by atoms with Crippen molar-refractivity contribution in [3.63, 3.8) is 0 Å². The number of carbonyl (C=O) groups excluding carboxylic acids is 1. The van der Waals surface area contributed by atoms with Gasteiger partial charge in [0.05, 0.1) is 5.69 Å². The summed E-state index contributed by atoms with van der Waals surface area (Å²) >= 11 is 0. The summed E-state index contributed by atoms with van der Waals surface area (Å²) in [7, 11) is 0. The van der Waals surface area contributed by atoms with Crippen molar-refractivity contribution in [3.05, 3.63) is 47.0 Å². The minimum absolute atomic E-state index is 0.0455. The maximum absolute atomic E-state index is 13.3. The van der Waals surface area contributed by atoms with Crippen LogP contribution in [-0.2, 0) is 12.8 Å². The van der Waals surface area contributed by atoms with Gasteiger partial charge >= 0.3 is 0 Å². The molecular weight excluding hydrogens is 329 g/mol. The van der Waals surface area contributed by atoms with Gasteiger partial charge in [-0.1, -0.05) is 25.7 Å². The van der Waals surface area contributed by atoms with Crippen molar-refractivity contribution in [1.82, 2.24) is 15.1 Å². The molecule has 0 aliphatic heterocycles. The predicted octanol–water partition coefficient (Wildman–Crippen LogP) is 4.34. The molecule has 1 N–H and O–H groups in total. The second-order valence-electron chi connectivity index (χ2n) is 7.53. The third kappa shape index (κ3) is 3.53. The van der Waals surface area contributed by atoms with Crippen molar-refractivity contribution in [2.45, 2.75) is 70.3 Å². The van der Waals surface area contributed by atoms with E-state index in [1.807, 2.05) is 4.68 Å². The number of nitrogens with one attached hydrogen (secondary N) is 1. The Kier molecular flexibility index (Phi) is 5.05. The van der Waals surface area contributed by atoms with Gasteiger partial charge in [0.15, 0.2) is 5.69 Å². The van der Waals surface area contributed by atoms with Gasteiger partial charge in [0, 0.05) is 17.3 Å². The van der Waals surface area contributed by atoms with Crippen LogP contribution >= 0.6 is 0 Å². The van der Waals surface area contributed by atoms with Crippen LogP contribution in [0.3, 0.4) is 0 Å². The first-order valence-corrected chi connectivity index (χ1v) is 9.90. The van der Waals surface area contributed by atoms with E-state index in [0.29, 0.717) is 5.69 Å². The Balaban J connectivity index is 1.63. The fraction of sp³-hybridized carbons (Fsp3) is 0.524. The van der Waals surface area contributed by atoms with Crippen LogP contribution in [0.1, 0.15) is 73.1 Å². The normalized spacial score (nSPS) is 18.2. The Bertz CT molecular complexity index is 773. The number of nitrogens with zero attached hydrogens (tertiary/aromatic N) is 2. The molecular formula is C21H26FN3O. The topological polar surface area (TPSA) is 46.9 Å². The van der Waals surface area contributed by atoms with Crippen LogP contribution in [0.5, 0.6) is 0 Å². The fourth-order valence-electron chi connectivity index (χ4n) is 4.25. The molecule has 5 heteroatoms. The quantitative estimate of drug-likeness (QED) is 0.833. The lowest BCUT2D eigenvalue weighted by Gasteiger charge is -2.17. The van der Waals surface area contributed by atoms with E-state index >= 15 is 0 Å². The molecule has 1 amide bonds. The van der Waals surface area contributed by atoms with E-state index in [4.69, 9.17) is 0 Å². The molecule has 2 aromatic rings. The molecule has 0 unspecified atom stereocenters. The van der Waals surface area contributed by atoms with E-state index in [0.717, 1.165) is 55.5 Å². The lowest BCUT2D eigenvalue weighted by molar-refractivity contribution is 0.0927. The molecule has 1 aromatic carbocycles. The van der Waals surface area contributed by atoms with Crippen LogP contribution in [0.15, 0.2) is 24.3 Å². The van der Waals surface area contributed by atoms with Crippen LogP contribution in [-0.4, -0.2) is 21.7 Å². The highest BCUT2D eigenvalue weighted by molar-refractivity contribution is 5.94. The van der Waals surface area contributed by atoms with Gasteiger partial charge in [-0.2, -0.15) is 5.10 Å². The minimum Gasteiger partial charge on any atom is -0.348 e. The number of fused-ring (bicyclic) bond motifs is 1. The van der Waals surface area contributed by atoms with Crippen molar-refractivity contribution < 1.29 is 9.18 Å².